The van der Waals surface area contributed by atoms with Crippen LogP contribution in [-0.2, 0) is 0 Å². The van der Waals surface area contributed by atoms with Crippen molar-refractivity contribution in [2.75, 3.05) is 16.8 Å². The number of rotatable bonds is 1. The summed E-state index contributed by atoms with van der Waals surface area (Å²) < 4.78 is 5.79. The first kappa shape index (κ1) is 14.7. The van der Waals surface area contributed by atoms with Crippen LogP contribution in [0, 0.1) is 6.92 Å². The van der Waals surface area contributed by atoms with Gasteiger partial charge in [0, 0.05) is 10.7 Å². The summed E-state index contributed by atoms with van der Waals surface area (Å²) in [6, 6.07) is 12.7. The van der Waals surface area contributed by atoms with Gasteiger partial charge in [0.15, 0.2) is 0 Å². The molecule has 0 spiro atoms. The molecule has 5 heteroatoms. The van der Waals surface area contributed by atoms with Crippen molar-refractivity contribution in [3.63, 3.8) is 0 Å². The topological polar surface area (TPSA) is 41.6 Å². The van der Waals surface area contributed by atoms with Gasteiger partial charge in [-0.25, -0.2) is 4.79 Å². The number of hydrogen-bond donors (Lipinski definition) is 1. The molecule has 1 heterocycles. The Morgan fingerprint density at radius 2 is 2.00 bits per heavy atom. The number of nitrogens with zero attached hydrogens (tertiary/aromatic N) is 1. The Morgan fingerprint density at radius 3 is 2.73 bits per heavy atom. The van der Waals surface area contributed by atoms with Crippen molar-refractivity contribution >= 4 is 29.0 Å². The molecule has 1 aliphatic heterocycles. The smallest absolute Gasteiger partial charge is 0.326 e. The van der Waals surface area contributed by atoms with E-state index in [0.29, 0.717) is 17.3 Å². The number of benzene rings is 2. The molecule has 0 bridgehead atoms. The highest BCUT2D eigenvalue weighted by Gasteiger charge is 2.27. The van der Waals surface area contributed by atoms with E-state index in [1.165, 1.54) is 0 Å². The standard InChI is InChI=1S/C17H17ClN2O2/c1-11-3-8-16-15(9-11)20(10-12(2)22-16)17(21)19-14-6-4-13(18)5-7-14/h3-9,12H,10H2,1-2H3,(H,19,21). The van der Waals surface area contributed by atoms with E-state index in [9.17, 15) is 4.79 Å². The highest BCUT2D eigenvalue weighted by Crippen LogP contribution is 2.34. The molecule has 0 saturated carbocycles. The predicted molar refractivity (Wildman–Crippen MR) is 89.1 cm³/mol. The Labute approximate surface area is 134 Å². The summed E-state index contributed by atoms with van der Waals surface area (Å²) in [5, 5.41) is 3.53. The van der Waals surface area contributed by atoms with Crippen LogP contribution in [0.1, 0.15) is 12.5 Å². The summed E-state index contributed by atoms with van der Waals surface area (Å²) in [6.45, 7) is 4.45. The minimum absolute atomic E-state index is 0.0498. The summed E-state index contributed by atoms with van der Waals surface area (Å²) in [4.78, 5) is 14.3. The Bertz CT molecular complexity index is 700. The lowest BCUT2D eigenvalue weighted by molar-refractivity contribution is 0.208. The molecule has 114 valence electrons. The number of urea groups is 1. The quantitative estimate of drug-likeness (QED) is 0.843. The van der Waals surface area contributed by atoms with E-state index in [1.807, 2.05) is 32.0 Å². The molecule has 2 aromatic rings. The molecular weight excluding hydrogens is 300 g/mol. The molecular formula is C17H17ClN2O2. The predicted octanol–water partition coefficient (Wildman–Crippen LogP) is 4.47. The highest BCUT2D eigenvalue weighted by molar-refractivity contribution is 6.30. The van der Waals surface area contributed by atoms with Crippen LogP contribution in [0.5, 0.6) is 5.75 Å². The van der Waals surface area contributed by atoms with E-state index >= 15 is 0 Å². The van der Waals surface area contributed by atoms with Gasteiger partial charge in [0.1, 0.15) is 11.9 Å². The van der Waals surface area contributed by atoms with Gasteiger partial charge in [-0.3, -0.25) is 4.90 Å². The van der Waals surface area contributed by atoms with Crippen LogP contribution in [0.3, 0.4) is 0 Å². The summed E-state index contributed by atoms with van der Waals surface area (Å²) in [6.07, 6.45) is -0.0498. The van der Waals surface area contributed by atoms with Crippen molar-refractivity contribution in [2.24, 2.45) is 0 Å². The van der Waals surface area contributed by atoms with Gasteiger partial charge in [-0.05, 0) is 55.8 Å². The molecule has 1 atom stereocenters. The zero-order valence-corrected chi connectivity index (χ0v) is 13.2. The third kappa shape index (κ3) is 3.02. The van der Waals surface area contributed by atoms with Gasteiger partial charge >= 0.3 is 6.03 Å². The number of halogens is 1. The van der Waals surface area contributed by atoms with Crippen molar-refractivity contribution in [2.45, 2.75) is 20.0 Å². The van der Waals surface area contributed by atoms with Crippen molar-refractivity contribution in [3.8, 4) is 5.75 Å². The van der Waals surface area contributed by atoms with Crippen LogP contribution in [-0.4, -0.2) is 18.7 Å². The Morgan fingerprint density at radius 1 is 1.27 bits per heavy atom. The van der Waals surface area contributed by atoms with E-state index in [1.54, 1.807) is 29.2 Å². The third-order valence-corrected chi connectivity index (χ3v) is 3.77. The number of amides is 2. The zero-order chi connectivity index (χ0) is 15.7. The van der Waals surface area contributed by atoms with E-state index in [2.05, 4.69) is 5.32 Å². The van der Waals surface area contributed by atoms with Gasteiger partial charge in [-0.1, -0.05) is 17.7 Å². The first-order valence-corrected chi connectivity index (χ1v) is 7.52. The number of aryl methyl sites for hydroxylation is 1. The average Bonchev–Trinajstić information content (AvgIpc) is 2.49. The van der Waals surface area contributed by atoms with Crippen LogP contribution < -0.4 is 15.0 Å². The second-order valence-corrected chi connectivity index (χ2v) is 5.88. The van der Waals surface area contributed by atoms with Crippen molar-refractivity contribution in [1.82, 2.24) is 0 Å². The first-order chi connectivity index (χ1) is 10.5. The summed E-state index contributed by atoms with van der Waals surface area (Å²) in [7, 11) is 0. The SMILES string of the molecule is Cc1ccc2c(c1)N(C(=O)Nc1ccc(Cl)cc1)CC(C)O2. The fourth-order valence-corrected chi connectivity index (χ4v) is 2.59. The average molecular weight is 317 g/mol. The molecule has 3 rings (SSSR count). The maximum atomic E-state index is 12.6. The molecule has 1 N–H and O–H groups in total. The van der Waals surface area contributed by atoms with Crippen LogP contribution in [0.4, 0.5) is 16.2 Å². The molecule has 1 aliphatic rings. The van der Waals surface area contributed by atoms with Crippen molar-refractivity contribution in [1.29, 1.82) is 0 Å². The summed E-state index contributed by atoms with van der Waals surface area (Å²) in [5.41, 5.74) is 2.59. The van der Waals surface area contributed by atoms with Crippen LogP contribution in [0.25, 0.3) is 0 Å². The van der Waals surface area contributed by atoms with E-state index in [-0.39, 0.29) is 12.1 Å². The molecule has 22 heavy (non-hydrogen) atoms. The molecule has 0 radical (unpaired) electrons. The number of fused-ring (bicyclic) bond motifs is 1. The fraction of sp³-hybridized carbons (Fsp3) is 0.235. The van der Waals surface area contributed by atoms with E-state index in [4.69, 9.17) is 16.3 Å². The maximum absolute atomic E-state index is 12.6. The minimum atomic E-state index is -0.177. The monoisotopic (exact) mass is 316 g/mol. The van der Waals surface area contributed by atoms with Gasteiger partial charge in [-0.15, -0.1) is 0 Å². The van der Waals surface area contributed by atoms with Gasteiger partial charge in [0.25, 0.3) is 0 Å². The zero-order valence-electron chi connectivity index (χ0n) is 12.5. The minimum Gasteiger partial charge on any atom is -0.487 e. The lowest BCUT2D eigenvalue weighted by atomic mass is 10.1. The summed E-state index contributed by atoms with van der Waals surface area (Å²) >= 11 is 5.86. The van der Waals surface area contributed by atoms with Crippen molar-refractivity contribution < 1.29 is 9.53 Å². The number of carbonyl (C=O) groups is 1. The van der Waals surface area contributed by atoms with Gasteiger partial charge in [-0.2, -0.15) is 0 Å². The highest BCUT2D eigenvalue weighted by atomic mass is 35.5. The molecule has 4 nitrogen and oxygen atoms in total. The fourth-order valence-electron chi connectivity index (χ4n) is 2.46. The van der Waals surface area contributed by atoms with Crippen molar-refractivity contribution in [3.05, 3.63) is 53.1 Å². The molecule has 2 amide bonds. The Hall–Kier alpha value is -2.20. The Balaban J connectivity index is 1.86. The second kappa shape index (κ2) is 5.89. The number of anilines is 2. The van der Waals surface area contributed by atoms with Gasteiger partial charge in [0.05, 0.1) is 12.2 Å². The lowest BCUT2D eigenvalue weighted by Crippen LogP contribution is -2.44. The van der Waals surface area contributed by atoms with E-state index in [0.717, 1.165) is 17.0 Å². The number of hydrogen-bond acceptors (Lipinski definition) is 2. The van der Waals surface area contributed by atoms with E-state index < -0.39 is 0 Å². The van der Waals surface area contributed by atoms with Crippen LogP contribution in [0.2, 0.25) is 5.02 Å². The molecule has 0 aromatic heterocycles. The molecule has 0 saturated heterocycles. The van der Waals surface area contributed by atoms with Gasteiger partial charge in [0.2, 0.25) is 0 Å². The Kier molecular flexibility index (Phi) is 3.94. The lowest BCUT2D eigenvalue weighted by Gasteiger charge is -2.33. The molecule has 0 fully saturated rings. The second-order valence-electron chi connectivity index (χ2n) is 5.45. The molecule has 2 aromatic carbocycles. The number of carbonyl (C=O) groups excluding carboxylic acids is 1. The van der Waals surface area contributed by atoms with Crippen LogP contribution >= 0.6 is 11.6 Å². The van der Waals surface area contributed by atoms with Gasteiger partial charge < -0.3 is 10.1 Å². The molecule has 0 aliphatic carbocycles. The summed E-state index contributed by atoms with van der Waals surface area (Å²) in [5.74, 6) is 0.732. The first-order valence-electron chi connectivity index (χ1n) is 7.14. The normalized spacial score (nSPS) is 16.7. The number of ether oxygens (including phenoxy) is 1. The molecule has 1 unspecified atom stereocenters. The maximum Gasteiger partial charge on any atom is 0.326 e. The van der Waals surface area contributed by atoms with Crippen LogP contribution in [0.15, 0.2) is 42.5 Å². The largest absolute Gasteiger partial charge is 0.487 e. The number of nitrogens with one attached hydrogen (secondary N) is 1. The third-order valence-electron chi connectivity index (χ3n) is 3.51.